The summed E-state index contributed by atoms with van der Waals surface area (Å²) in [7, 11) is 0. The summed E-state index contributed by atoms with van der Waals surface area (Å²) in [6.45, 7) is 7.14. The van der Waals surface area contributed by atoms with Crippen LogP contribution in [0.4, 0.5) is 5.69 Å². The second kappa shape index (κ2) is 9.77. The van der Waals surface area contributed by atoms with Gasteiger partial charge in [-0.3, -0.25) is 19.3 Å². The molecule has 0 saturated carbocycles. The number of aryl methyl sites for hydroxylation is 2. The minimum absolute atomic E-state index is 0.0183. The zero-order valence-electron chi connectivity index (χ0n) is 18.8. The number of benzene rings is 2. The van der Waals surface area contributed by atoms with Gasteiger partial charge in [0.05, 0.1) is 11.1 Å². The molecule has 0 fully saturated rings. The smallest absolute Gasteiger partial charge is 0.329 e. The van der Waals surface area contributed by atoms with Crippen LogP contribution in [0.3, 0.4) is 0 Å². The summed E-state index contributed by atoms with van der Waals surface area (Å²) in [6.07, 6.45) is 0.983. The van der Waals surface area contributed by atoms with Gasteiger partial charge < -0.3 is 10.1 Å². The number of nitrogens with zero attached hydrogens (tertiary/aromatic N) is 1. The molecule has 0 bridgehead atoms. The molecule has 3 rings (SSSR count). The van der Waals surface area contributed by atoms with Gasteiger partial charge in [0.2, 0.25) is 0 Å². The van der Waals surface area contributed by atoms with E-state index in [1.807, 2.05) is 45.9 Å². The van der Waals surface area contributed by atoms with E-state index in [4.69, 9.17) is 4.74 Å². The lowest BCUT2D eigenvalue weighted by Gasteiger charge is -2.26. The summed E-state index contributed by atoms with van der Waals surface area (Å²) in [5.74, 6) is -2.28. The number of rotatable bonds is 8. The summed E-state index contributed by atoms with van der Waals surface area (Å²) >= 11 is 0. The van der Waals surface area contributed by atoms with E-state index in [1.165, 1.54) is 0 Å². The van der Waals surface area contributed by atoms with E-state index in [0.717, 1.165) is 22.4 Å². The number of hydrogen-bond acceptors (Lipinski definition) is 5. The minimum atomic E-state index is -1.10. The van der Waals surface area contributed by atoms with E-state index in [2.05, 4.69) is 5.32 Å². The van der Waals surface area contributed by atoms with Crippen LogP contribution in [0.25, 0.3) is 0 Å². The molecule has 3 amide bonds. The first-order valence-corrected chi connectivity index (χ1v) is 10.8. The first-order valence-electron chi connectivity index (χ1n) is 10.8. The van der Waals surface area contributed by atoms with Crippen molar-refractivity contribution in [2.75, 3.05) is 11.9 Å². The van der Waals surface area contributed by atoms with E-state index in [-0.39, 0.29) is 23.5 Å². The molecule has 1 aliphatic rings. The first kappa shape index (κ1) is 23.2. The summed E-state index contributed by atoms with van der Waals surface area (Å²) < 4.78 is 5.26. The number of anilines is 1. The average molecular weight is 437 g/mol. The number of ether oxygens (including phenoxy) is 1. The van der Waals surface area contributed by atoms with Crippen molar-refractivity contribution >= 4 is 29.4 Å². The van der Waals surface area contributed by atoms with Crippen molar-refractivity contribution in [2.45, 2.75) is 46.6 Å². The Labute approximate surface area is 187 Å². The van der Waals surface area contributed by atoms with Crippen molar-refractivity contribution < 1.29 is 23.9 Å². The van der Waals surface area contributed by atoms with Crippen LogP contribution in [-0.2, 0) is 20.7 Å². The fourth-order valence-corrected chi connectivity index (χ4v) is 3.85. The molecule has 2 aromatic rings. The molecule has 0 radical (unpaired) electrons. The highest BCUT2D eigenvalue weighted by Gasteiger charge is 2.43. The fraction of sp³-hybridized carbons (Fsp3) is 0.360. The molecule has 168 valence electrons. The van der Waals surface area contributed by atoms with Gasteiger partial charge in [-0.05, 0) is 48.9 Å². The van der Waals surface area contributed by atoms with Gasteiger partial charge in [-0.2, -0.15) is 0 Å². The van der Waals surface area contributed by atoms with Gasteiger partial charge in [0.1, 0.15) is 6.04 Å². The molecule has 0 saturated heterocycles. The van der Waals surface area contributed by atoms with E-state index in [1.54, 1.807) is 24.3 Å². The van der Waals surface area contributed by atoms with Crippen molar-refractivity contribution in [3.63, 3.8) is 0 Å². The zero-order chi connectivity index (χ0) is 23.4. The highest BCUT2D eigenvalue weighted by Crippen LogP contribution is 2.27. The van der Waals surface area contributed by atoms with Gasteiger partial charge in [-0.1, -0.05) is 51.1 Å². The van der Waals surface area contributed by atoms with E-state index in [0.29, 0.717) is 5.69 Å². The molecule has 2 aromatic carbocycles. The highest BCUT2D eigenvalue weighted by molar-refractivity contribution is 6.22. The third kappa shape index (κ3) is 4.72. The standard InChI is InChI=1S/C25H28N2O5/c1-5-17-10-8-9-16(4)22(17)26-21(28)14-32-25(31)20(13-15(2)3)27-23(29)18-11-6-7-12-19(18)24(27)30/h6-12,15,20H,5,13-14H2,1-4H3,(H,26,28). The summed E-state index contributed by atoms with van der Waals surface area (Å²) in [4.78, 5) is 52.0. The number of amides is 3. The molecule has 1 unspecified atom stereocenters. The molecule has 0 spiro atoms. The van der Waals surface area contributed by atoms with Crippen LogP contribution < -0.4 is 5.32 Å². The van der Waals surface area contributed by atoms with Gasteiger partial charge in [0.15, 0.2) is 6.61 Å². The number of carbonyl (C=O) groups is 4. The normalized spacial score (nSPS) is 13.8. The molecule has 7 heteroatoms. The minimum Gasteiger partial charge on any atom is -0.454 e. The number of esters is 1. The Balaban J connectivity index is 1.72. The summed E-state index contributed by atoms with van der Waals surface area (Å²) in [5.41, 5.74) is 3.13. The maximum absolute atomic E-state index is 12.9. The molecule has 32 heavy (non-hydrogen) atoms. The monoisotopic (exact) mass is 436 g/mol. The number of carbonyl (C=O) groups excluding carboxylic acids is 4. The van der Waals surface area contributed by atoms with Gasteiger partial charge in [-0.25, -0.2) is 4.79 Å². The molecule has 1 N–H and O–H groups in total. The summed E-state index contributed by atoms with van der Waals surface area (Å²) in [6, 6.07) is 11.1. The Kier molecular flexibility index (Phi) is 7.08. The number of nitrogens with one attached hydrogen (secondary N) is 1. The second-order valence-corrected chi connectivity index (χ2v) is 8.29. The molecule has 1 aliphatic heterocycles. The van der Waals surface area contributed by atoms with E-state index >= 15 is 0 Å². The average Bonchev–Trinajstić information content (AvgIpc) is 3.02. The molecule has 1 atom stereocenters. The Morgan fingerprint density at radius 2 is 1.62 bits per heavy atom. The van der Waals surface area contributed by atoms with Crippen molar-refractivity contribution in [1.82, 2.24) is 4.90 Å². The van der Waals surface area contributed by atoms with Crippen LogP contribution in [0.5, 0.6) is 0 Å². The van der Waals surface area contributed by atoms with Crippen molar-refractivity contribution in [2.24, 2.45) is 5.92 Å². The van der Waals surface area contributed by atoms with Crippen LogP contribution in [0.2, 0.25) is 0 Å². The van der Waals surface area contributed by atoms with Gasteiger partial charge in [-0.15, -0.1) is 0 Å². The van der Waals surface area contributed by atoms with Gasteiger partial charge >= 0.3 is 5.97 Å². The molecular formula is C25H28N2O5. The van der Waals surface area contributed by atoms with E-state index in [9.17, 15) is 19.2 Å². The molecule has 0 aliphatic carbocycles. The number of fused-ring (bicyclic) bond motifs is 1. The third-order valence-corrected chi connectivity index (χ3v) is 5.45. The largest absolute Gasteiger partial charge is 0.454 e. The zero-order valence-corrected chi connectivity index (χ0v) is 18.8. The Hall–Kier alpha value is -3.48. The third-order valence-electron chi connectivity index (χ3n) is 5.45. The second-order valence-electron chi connectivity index (χ2n) is 8.29. The quantitative estimate of drug-likeness (QED) is 0.503. The van der Waals surface area contributed by atoms with Crippen molar-refractivity contribution in [3.05, 3.63) is 64.7 Å². The Morgan fingerprint density at radius 1 is 1.00 bits per heavy atom. The van der Waals surface area contributed by atoms with Gasteiger partial charge in [0, 0.05) is 5.69 Å². The Bertz CT molecular complexity index is 1030. The van der Waals surface area contributed by atoms with E-state index < -0.39 is 36.3 Å². The Morgan fingerprint density at radius 3 is 2.19 bits per heavy atom. The predicted molar refractivity (Wildman–Crippen MR) is 120 cm³/mol. The van der Waals surface area contributed by atoms with Crippen LogP contribution in [0.1, 0.15) is 59.0 Å². The van der Waals surface area contributed by atoms with Crippen LogP contribution in [-0.4, -0.2) is 41.2 Å². The van der Waals surface area contributed by atoms with Gasteiger partial charge in [0.25, 0.3) is 17.7 Å². The lowest BCUT2D eigenvalue weighted by Crippen LogP contribution is -2.46. The summed E-state index contributed by atoms with van der Waals surface area (Å²) in [5, 5.41) is 2.80. The number of hydrogen-bond donors (Lipinski definition) is 1. The lowest BCUT2D eigenvalue weighted by molar-refractivity contribution is -0.151. The number of para-hydroxylation sites is 1. The molecule has 1 heterocycles. The maximum Gasteiger partial charge on any atom is 0.329 e. The SMILES string of the molecule is CCc1cccc(C)c1NC(=O)COC(=O)C(CC(C)C)N1C(=O)c2ccccc2C1=O. The molecular weight excluding hydrogens is 408 g/mol. The molecule has 0 aromatic heterocycles. The van der Waals surface area contributed by atoms with Crippen LogP contribution in [0, 0.1) is 12.8 Å². The predicted octanol–water partition coefficient (Wildman–Crippen LogP) is 3.75. The first-order chi connectivity index (χ1) is 15.2. The molecule has 7 nitrogen and oxygen atoms in total. The van der Waals surface area contributed by atoms with Crippen molar-refractivity contribution in [1.29, 1.82) is 0 Å². The van der Waals surface area contributed by atoms with Crippen LogP contribution >= 0.6 is 0 Å². The van der Waals surface area contributed by atoms with Crippen LogP contribution in [0.15, 0.2) is 42.5 Å². The van der Waals surface area contributed by atoms with Crippen molar-refractivity contribution in [3.8, 4) is 0 Å². The lowest BCUT2D eigenvalue weighted by atomic mass is 10.0. The number of imide groups is 1. The highest BCUT2D eigenvalue weighted by atomic mass is 16.5. The topological polar surface area (TPSA) is 92.8 Å². The maximum atomic E-state index is 12.9. The fourth-order valence-electron chi connectivity index (χ4n) is 3.85.